The van der Waals surface area contributed by atoms with Crippen LogP contribution >= 0.6 is 0 Å². The summed E-state index contributed by atoms with van der Waals surface area (Å²) in [5.74, 6) is 2.29. The number of hydrogen-bond acceptors (Lipinski definition) is 1. The Labute approximate surface area is 61.0 Å². The van der Waals surface area contributed by atoms with Gasteiger partial charge in [0, 0.05) is 5.57 Å². The van der Waals surface area contributed by atoms with Crippen LogP contribution in [0.2, 0.25) is 0 Å². The molecule has 0 aromatic carbocycles. The van der Waals surface area contributed by atoms with Crippen LogP contribution in [0.25, 0.3) is 0 Å². The first-order valence-electron chi connectivity index (χ1n) is 2.64. The maximum atomic E-state index is 8.37. The monoisotopic (exact) mass is 129 g/mol. The Hall–Kier alpha value is -1.73. The molecule has 0 amide bonds. The van der Waals surface area contributed by atoms with Gasteiger partial charge in [-0.15, -0.1) is 6.42 Å². The van der Waals surface area contributed by atoms with Crippen molar-refractivity contribution in [1.29, 1.82) is 5.26 Å². The first kappa shape index (κ1) is 8.27. The highest BCUT2D eigenvalue weighted by molar-refractivity contribution is 5.43. The Bertz CT molecular complexity index is 255. The van der Waals surface area contributed by atoms with E-state index in [0.29, 0.717) is 11.1 Å². The summed E-state index contributed by atoms with van der Waals surface area (Å²) in [7, 11) is 0. The molecular weight excluding hydrogens is 122 g/mol. The van der Waals surface area contributed by atoms with Crippen LogP contribution in [0.5, 0.6) is 0 Å². The van der Waals surface area contributed by atoms with Gasteiger partial charge in [-0.1, -0.05) is 25.2 Å². The highest BCUT2D eigenvalue weighted by Gasteiger charge is 1.86. The molecule has 0 aliphatic rings. The van der Waals surface area contributed by atoms with Gasteiger partial charge in [-0.05, 0) is 6.08 Å². The van der Waals surface area contributed by atoms with Crippen molar-refractivity contribution in [2.75, 3.05) is 0 Å². The zero-order chi connectivity index (χ0) is 7.98. The van der Waals surface area contributed by atoms with Gasteiger partial charge < -0.3 is 0 Å². The van der Waals surface area contributed by atoms with E-state index in [1.165, 1.54) is 12.2 Å². The first-order valence-corrected chi connectivity index (χ1v) is 2.64. The summed E-state index contributed by atoms with van der Waals surface area (Å²) >= 11 is 0. The van der Waals surface area contributed by atoms with Gasteiger partial charge in [0.25, 0.3) is 0 Å². The molecule has 0 saturated heterocycles. The highest BCUT2D eigenvalue weighted by Crippen LogP contribution is 1.98. The summed E-state index contributed by atoms with van der Waals surface area (Å²) in [6.07, 6.45) is 7.93. The molecule has 0 saturated carbocycles. The molecule has 0 bridgehead atoms. The Morgan fingerprint density at radius 3 is 2.50 bits per heavy atom. The topological polar surface area (TPSA) is 23.8 Å². The standard InChI is InChI=1S/C9H7N/c1-4-8(3)6-9(5-2)7-10/h1,5-6H,2-3H2/b9-6+. The van der Waals surface area contributed by atoms with Crippen LogP contribution in [0, 0.1) is 23.7 Å². The van der Waals surface area contributed by atoms with Crippen LogP contribution in [0.3, 0.4) is 0 Å². The number of allylic oxidation sites excluding steroid dienone is 4. The van der Waals surface area contributed by atoms with Crippen LogP contribution in [-0.2, 0) is 0 Å². The summed E-state index contributed by atoms with van der Waals surface area (Å²) in [5, 5.41) is 8.37. The summed E-state index contributed by atoms with van der Waals surface area (Å²) in [4.78, 5) is 0. The van der Waals surface area contributed by atoms with Crippen LogP contribution in [-0.4, -0.2) is 0 Å². The number of terminal acetylenes is 1. The van der Waals surface area contributed by atoms with Crippen LogP contribution in [0.1, 0.15) is 0 Å². The molecule has 0 aliphatic heterocycles. The van der Waals surface area contributed by atoms with Crippen molar-refractivity contribution in [3.05, 3.63) is 36.5 Å². The molecular formula is C9H7N. The van der Waals surface area contributed by atoms with E-state index < -0.39 is 0 Å². The lowest BCUT2D eigenvalue weighted by molar-refractivity contribution is 1.50. The molecule has 0 unspecified atom stereocenters. The van der Waals surface area contributed by atoms with E-state index in [4.69, 9.17) is 11.7 Å². The molecule has 0 aromatic rings. The van der Waals surface area contributed by atoms with Gasteiger partial charge in [-0.25, -0.2) is 0 Å². The minimum absolute atomic E-state index is 0.433. The fraction of sp³-hybridized carbons (Fsp3) is 0. The molecule has 0 heterocycles. The van der Waals surface area contributed by atoms with Crippen LogP contribution < -0.4 is 0 Å². The maximum Gasteiger partial charge on any atom is 0.0991 e. The van der Waals surface area contributed by atoms with E-state index >= 15 is 0 Å². The lowest BCUT2D eigenvalue weighted by Gasteiger charge is -1.84. The van der Waals surface area contributed by atoms with Crippen molar-refractivity contribution in [1.82, 2.24) is 0 Å². The second kappa shape index (κ2) is 4.18. The molecule has 0 atom stereocenters. The van der Waals surface area contributed by atoms with Gasteiger partial charge >= 0.3 is 0 Å². The van der Waals surface area contributed by atoms with E-state index in [-0.39, 0.29) is 0 Å². The van der Waals surface area contributed by atoms with Crippen molar-refractivity contribution in [3.8, 4) is 18.4 Å². The number of nitrogens with zero attached hydrogens (tertiary/aromatic N) is 1. The largest absolute Gasteiger partial charge is 0.192 e. The number of rotatable bonds is 2. The summed E-state index contributed by atoms with van der Waals surface area (Å²) < 4.78 is 0. The Morgan fingerprint density at radius 1 is 1.60 bits per heavy atom. The van der Waals surface area contributed by atoms with Crippen LogP contribution in [0.4, 0.5) is 0 Å². The zero-order valence-corrected chi connectivity index (χ0v) is 5.59. The summed E-state index contributed by atoms with van der Waals surface area (Å²) in [6, 6.07) is 1.90. The average Bonchev–Trinajstić information content (AvgIpc) is 1.99. The average molecular weight is 129 g/mol. The third-order valence-corrected chi connectivity index (χ3v) is 0.864. The highest BCUT2D eigenvalue weighted by atomic mass is 14.2. The molecule has 0 fully saturated rings. The molecule has 0 aliphatic carbocycles. The van der Waals surface area contributed by atoms with Gasteiger partial charge in [0.1, 0.15) is 0 Å². The molecule has 1 heteroatoms. The molecule has 1 nitrogen and oxygen atoms in total. The lowest BCUT2D eigenvalue weighted by atomic mass is 10.2. The van der Waals surface area contributed by atoms with E-state index in [1.54, 1.807) is 0 Å². The van der Waals surface area contributed by atoms with Gasteiger partial charge in [0.2, 0.25) is 0 Å². The van der Waals surface area contributed by atoms with E-state index in [9.17, 15) is 0 Å². The molecule has 0 spiro atoms. The van der Waals surface area contributed by atoms with Gasteiger partial charge in [0.15, 0.2) is 0 Å². The quantitative estimate of drug-likeness (QED) is 0.317. The van der Waals surface area contributed by atoms with Gasteiger partial charge in [0.05, 0.1) is 11.6 Å². The third-order valence-electron chi connectivity index (χ3n) is 0.864. The maximum absolute atomic E-state index is 8.37. The van der Waals surface area contributed by atoms with Crippen molar-refractivity contribution in [3.63, 3.8) is 0 Å². The molecule has 0 radical (unpaired) electrons. The molecule has 48 valence electrons. The minimum atomic E-state index is 0.433. The van der Waals surface area contributed by atoms with Crippen LogP contribution in [0.15, 0.2) is 36.5 Å². The zero-order valence-electron chi connectivity index (χ0n) is 5.59. The SMILES string of the molecule is C#CC(=C)/C=C(/C#N)C=C. The Balaban J connectivity index is 4.48. The molecule has 0 N–H and O–H groups in total. The van der Waals surface area contributed by atoms with E-state index in [2.05, 4.69) is 19.1 Å². The van der Waals surface area contributed by atoms with E-state index in [0.717, 1.165) is 0 Å². The molecule has 0 aromatic heterocycles. The molecule has 0 rings (SSSR count). The first-order chi connectivity index (χ1) is 4.74. The van der Waals surface area contributed by atoms with Crippen molar-refractivity contribution in [2.45, 2.75) is 0 Å². The lowest BCUT2D eigenvalue weighted by Crippen LogP contribution is -1.72. The molecule has 10 heavy (non-hydrogen) atoms. The smallest absolute Gasteiger partial charge is 0.0991 e. The predicted octanol–water partition coefficient (Wildman–Crippen LogP) is 1.81. The number of hydrogen-bond donors (Lipinski definition) is 0. The predicted molar refractivity (Wildman–Crippen MR) is 41.9 cm³/mol. The summed E-state index contributed by atoms with van der Waals surface area (Å²) in [6.45, 7) is 6.92. The minimum Gasteiger partial charge on any atom is -0.192 e. The fourth-order valence-corrected chi connectivity index (χ4v) is 0.366. The Kier molecular flexibility index (Phi) is 3.46. The Morgan fingerprint density at radius 2 is 2.20 bits per heavy atom. The van der Waals surface area contributed by atoms with Crippen molar-refractivity contribution < 1.29 is 0 Å². The van der Waals surface area contributed by atoms with Crippen molar-refractivity contribution >= 4 is 0 Å². The normalized spacial score (nSPS) is 9.20. The van der Waals surface area contributed by atoms with Gasteiger partial charge in [-0.3, -0.25) is 0 Å². The second-order valence-electron chi connectivity index (χ2n) is 1.59. The number of nitriles is 1. The summed E-state index contributed by atoms with van der Waals surface area (Å²) in [5.41, 5.74) is 0.916. The fourth-order valence-electron chi connectivity index (χ4n) is 0.366. The third kappa shape index (κ3) is 2.55. The van der Waals surface area contributed by atoms with Crippen molar-refractivity contribution in [2.24, 2.45) is 0 Å². The van der Waals surface area contributed by atoms with Gasteiger partial charge in [-0.2, -0.15) is 5.26 Å². The van der Waals surface area contributed by atoms with E-state index in [1.807, 2.05) is 6.07 Å². The second-order valence-corrected chi connectivity index (χ2v) is 1.59.